The van der Waals surface area contributed by atoms with Gasteiger partial charge in [-0.1, -0.05) is 61.1 Å². The van der Waals surface area contributed by atoms with E-state index in [1.165, 1.54) is 0 Å². The van der Waals surface area contributed by atoms with Crippen molar-refractivity contribution in [2.45, 2.75) is 60.8 Å². The summed E-state index contributed by atoms with van der Waals surface area (Å²) in [5.74, 6) is 0. The zero-order valence-corrected chi connectivity index (χ0v) is 19.3. The van der Waals surface area contributed by atoms with Gasteiger partial charge in [0.2, 0.25) is 10.0 Å². The Hall–Kier alpha value is 0.0369. The molecule has 0 aliphatic carbocycles. The fraction of sp³-hybridized carbons (Fsp3) is 0.647. The van der Waals surface area contributed by atoms with Crippen molar-refractivity contribution in [3.8, 4) is 0 Å². The molecule has 1 aliphatic heterocycles. The number of benzene rings is 1. The van der Waals surface area contributed by atoms with Crippen molar-refractivity contribution in [2.75, 3.05) is 13.1 Å². The van der Waals surface area contributed by atoms with Gasteiger partial charge in [0, 0.05) is 13.1 Å². The second-order valence-corrected chi connectivity index (χ2v) is 16.4. The first-order valence-corrected chi connectivity index (χ1v) is 13.8. The van der Waals surface area contributed by atoms with Crippen molar-refractivity contribution in [3.05, 3.63) is 29.8 Å². The summed E-state index contributed by atoms with van der Waals surface area (Å²) in [5, 5.41) is 0.118. The predicted octanol–water partition coefficient (Wildman–Crippen LogP) is 4.19. The molecule has 0 saturated carbocycles. The lowest BCUT2D eigenvalue weighted by Crippen LogP contribution is -2.46. The van der Waals surface area contributed by atoms with E-state index in [9.17, 15) is 8.42 Å². The van der Waals surface area contributed by atoms with Gasteiger partial charge in [0.05, 0.1) is 14.9 Å². The second kappa shape index (κ2) is 6.98. The lowest BCUT2D eigenvalue weighted by molar-refractivity contribution is 0.200. The van der Waals surface area contributed by atoms with E-state index in [4.69, 9.17) is 4.43 Å². The monoisotopic (exact) mass is 481 g/mol. The molecule has 0 radical (unpaired) electrons. The molecule has 24 heavy (non-hydrogen) atoms. The summed E-state index contributed by atoms with van der Waals surface area (Å²) in [6.07, 6.45) is -0.0354. The number of alkyl halides is 1. The van der Waals surface area contributed by atoms with Gasteiger partial charge < -0.3 is 4.43 Å². The van der Waals surface area contributed by atoms with Gasteiger partial charge in [-0.2, -0.15) is 4.31 Å². The van der Waals surface area contributed by atoms with E-state index >= 15 is 0 Å². The maximum Gasteiger partial charge on any atom is 0.243 e. The van der Waals surface area contributed by atoms with Crippen LogP contribution in [0.2, 0.25) is 18.1 Å². The zero-order valence-electron chi connectivity index (χ0n) is 15.3. The smallest absolute Gasteiger partial charge is 0.243 e. The lowest BCUT2D eigenvalue weighted by Gasteiger charge is -2.39. The van der Waals surface area contributed by atoms with Crippen molar-refractivity contribution < 1.29 is 12.8 Å². The van der Waals surface area contributed by atoms with E-state index in [-0.39, 0.29) is 15.1 Å². The van der Waals surface area contributed by atoms with Gasteiger partial charge in [-0.05, 0) is 37.2 Å². The first-order chi connectivity index (χ1) is 10.8. The largest absolute Gasteiger partial charge is 0.411 e. The Kier molecular flexibility index (Phi) is 5.92. The van der Waals surface area contributed by atoms with Crippen molar-refractivity contribution in [2.24, 2.45) is 0 Å². The third-order valence-electron chi connectivity index (χ3n) is 5.08. The number of nitrogens with zero attached hydrogens (tertiary/aromatic N) is 1. The fourth-order valence-electron chi connectivity index (χ4n) is 2.42. The average molecular weight is 481 g/mol. The minimum Gasteiger partial charge on any atom is -0.411 e. The number of sulfonamides is 1. The summed E-state index contributed by atoms with van der Waals surface area (Å²) in [7, 11) is -5.36. The van der Waals surface area contributed by atoms with Crippen LogP contribution >= 0.6 is 22.6 Å². The summed E-state index contributed by atoms with van der Waals surface area (Å²) in [6, 6.07) is 7.06. The normalized spacial score (nSPS) is 23.6. The van der Waals surface area contributed by atoms with E-state index in [2.05, 4.69) is 56.5 Å². The van der Waals surface area contributed by atoms with Crippen LogP contribution in [0.1, 0.15) is 26.3 Å². The van der Waals surface area contributed by atoms with Crippen LogP contribution in [0.3, 0.4) is 0 Å². The number of rotatable bonds is 4. The van der Waals surface area contributed by atoms with E-state index in [1.807, 2.05) is 19.1 Å². The van der Waals surface area contributed by atoms with Crippen molar-refractivity contribution in [1.82, 2.24) is 4.31 Å². The molecular formula is C17H28INO3SSi. The number of aryl methyl sites for hydroxylation is 1. The average Bonchev–Trinajstić information content (AvgIpc) is 2.79. The van der Waals surface area contributed by atoms with Gasteiger partial charge in [-0.25, -0.2) is 8.42 Å². The van der Waals surface area contributed by atoms with Gasteiger partial charge in [0.25, 0.3) is 0 Å². The Morgan fingerprint density at radius 1 is 1.17 bits per heavy atom. The van der Waals surface area contributed by atoms with Crippen LogP contribution < -0.4 is 0 Å². The summed E-state index contributed by atoms with van der Waals surface area (Å²) in [4.78, 5) is 0.365. The Morgan fingerprint density at radius 2 is 1.71 bits per heavy atom. The molecule has 1 heterocycles. The predicted molar refractivity (Wildman–Crippen MR) is 110 cm³/mol. The van der Waals surface area contributed by atoms with Gasteiger partial charge in [-0.15, -0.1) is 0 Å². The van der Waals surface area contributed by atoms with Gasteiger partial charge in [0.1, 0.15) is 0 Å². The molecule has 0 amide bonds. The van der Waals surface area contributed by atoms with Crippen LogP contribution in [-0.2, 0) is 14.4 Å². The molecule has 0 aromatic heterocycles. The first kappa shape index (κ1) is 20.4. The van der Waals surface area contributed by atoms with Gasteiger partial charge in [-0.3, -0.25) is 0 Å². The van der Waals surface area contributed by atoms with Gasteiger partial charge in [0.15, 0.2) is 8.32 Å². The molecule has 0 N–H and O–H groups in total. The van der Waals surface area contributed by atoms with Crippen LogP contribution in [-0.4, -0.2) is 44.2 Å². The first-order valence-electron chi connectivity index (χ1n) is 8.23. The highest BCUT2D eigenvalue weighted by atomic mass is 127. The molecule has 1 aromatic carbocycles. The van der Waals surface area contributed by atoms with E-state index in [0.29, 0.717) is 18.0 Å². The molecule has 1 aromatic rings. The molecule has 7 heteroatoms. The summed E-state index contributed by atoms with van der Waals surface area (Å²) in [5.41, 5.74) is 1.06. The minimum atomic E-state index is -3.45. The molecular weight excluding hydrogens is 453 g/mol. The number of hydrogen-bond acceptors (Lipinski definition) is 3. The van der Waals surface area contributed by atoms with E-state index < -0.39 is 18.3 Å². The number of hydrogen-bond donors (Lipinski definition) is 0. The molecule has 0 spiro atoms. The molecule has 0 unspecified atom stereocenters. The second-order valence-electron chi connectivity index (χ2n) is 8.07. The molecule has 1 saturated heterocycles. The van der Waals surface area contributed by atoms with Crippen LogP contribution in [0.5, 0.6) is 0 Å². The van der Waals surface area contributed by atoms with Gasteiger partial charge >= 0.3 is 0 Å². The van der Waals surface area contributed by atoms with Crippen molar-refractivity contribution >= 4 is 40.9 Å². The topological polar surface area (TPSA) is 46.6 Å². The van der Waals surface area contributed by atoms with Crippen molar-refractivity contribution in [1.29, 1.82) is 0 Å². The lowest BCUT2D eigenvalue weighted by atomic mass is 10.2. The summed E-state index contributed by atoms with van der Waals surface area (Å²) >= 11 is 2.33. The molecule has 1 fully saturated rings. The highest BCUT2D eigenvalue weighted by Crippen LogP contribution is 2.39. The maximum atomic E-state index is 12.9. The molecule has 136 valence electrons. The fourth-order valence-corrected chi connectivity index (χ4v) is 6.64. The Labute approximate surface area is 161 Å². The standard InChI is InChI=1S/C17H28INO3SSi/c1-13-7-9-14(10-8-13)23(20,21)19-11-15(18)16(12-19)22-24(5,6)17(2,3)4/h7-10,15-16H,11-12H2,1-6H3/t15-,16-/m0/s1. The molecule has 0 bridgehead atoms. The molecule has 1 aliphatic rings. The van der Waals surface area contributed by atoms with Crippen LogP contribution in [0.4, 0.5) is 0 Å². The third kappa shape index (κ3) is 4.23. The minimum absolute atomic E-state index is 0.0354. The maximum absolute atomic E-state index is 12.9. The third-order valence-corrected chi connectivity index (χ3v) is 12.6. The highest BCUT2D eigenvalue weighted by Gasteiger charge is 2.45. The van der Waals surface area contributed by atoms with E-state index in [1.54, 1.807) is 16.4 Å². The Balaban J connectivity index is 2.17. The molecule has 2 atom stereocenters. The van der Waals surface area contributed by atoms with Crippen LogP contribution in [0.25, 0.3) is 0 Å². The molecule has 2 rings (SSSR count). The SMILES string of the molecule is Cc1ccc(S(=O)(=O)N2C[C@H](O[Si](C)(C)C(C)(C)C)[C@@H](I)C2)cc1. The molecule has 4 nitrogen and oxygen atoms in total. The van der Waals surface area contributed by atoms with Crippen LogP contribution in [0.15, 0.2) is 29.2 Å². The van der Waals surface area contributed by atoms with E-state index in [0.717, 1.165) is 5.56 Å². The quantitative estimate of drug-likeness (QED) is 0.368. The van der Waals surface area contributed by atoms with Crippen molar-refractivity contribution in [3.63, 3.8) is 0 Å². The van der Waals surface area contributed by atoms with Crippen LogP contribution in [0, 0.1) is 6.92 Å². The highest BCUT2D eigenvalue weighted by molar-refractivity contribution is 14.1. The summed E-state index contributed by atoms with van der Waals surface area (Å²) in [6.45, 7) is 14.0. The zero-order chi connectivity index (χ0) is 18.3. The number of halogens is 1. The Bertz CT molecular complexity index is 683. The Morgan fingerprint density at radius 3 is 2.21 bits per heavy atom. The summed E-state index contributed by atoms with van der Waals surface area (Å²) < 4.78 is 34.0.